The molecular formula is C33H52ClN7NaO3. The number of phenols is 2. The fourth-order valence-corrected chi connectivity index (χ4v) is 4.61. The minimum atomic E-state index is 0. The van der Waals surface area contributed by atoms with Crippen molar-refractivity contribution in [1.82, 2.24) is 25.9 Å². The SMILES string of the molecule is CCc1cc(NC(CC)c2ccc(O)cc2)nc(Cl)n1.COc1cc(CNCCCNCCCCNCCCN)ccc1O.[Na]. The Labute approximate surface area is 296 Å². The number of anilines is 1. The third-order valence-corrected chi connectivity index (χ3v) is 7.10. The molecule has 10 nitrogen and oxygen atoms in total. The monoisotopic (exact) mass is 652 g/mol. The van der Waals surface area contributed by atoms with Crippen LogP contribution in [0.15, 0.2) is 48.5 Å². The van der Waals surface area contributed by atoms with Crippen LogP contribution in [-0.4, -0.2) is 96.1 Å². The Morgan fingerprint density at radius 2 is 1.49 bits per heavy atom. The van der Waals surface area contributed by atoms with E-state index in [0.29, 0.717) is 5.75 Å². The maximum absolute atomic E-state index is 9.56. The number of phenolic OH excluding ortho intramolecular Hbond substituents is 2. The van der Waals surface area contributed by atoms with E-state index in [4.69, 9.17) is 22.1 Å². The summed E-state index contributed by atoms with van der Waals surface area (Å²) in [5.74, 6) is 1.69. The van der Waals surface area contributed by atoms with Gasteiger partial charge in [0, 0.05) is 47.9 Å². The Morgan fingerprint density at radius 3 is 2.11 bits per heavy atom. The van der Waals surface area contributed by atoms with Gasteiger partial charge in [-0.25, -0.2) is 9.97 Å². The van der Waals surface area contributed by atoms with Crippen LogP contribution >= 0.6 is 11.6 Å². The van der Waals surface area contributed by atoms with Crippen LogP contribution in [0.1, 0.15) is 68.8 Å². The Hall–Kier alpha value is -2.15. The van der Waals surface area contributed by atoms with E-state index >= 15 is 0 Å². The molecule has 1 unspecified atom stereocenters. The number of methoxy groups -OCH3 is 1. The largest absolute Gasteiger partial charge is 0.508 e. The molecule has 0 aliphatic carbocycles. The van der Waals surface area contributed by atoms with Crippen LogP contribution in [0.2, 0.25) is 5.28 Å². The van der Waals surface area contributed by atoms with E-state index in [1.807, 2.05) is 37.3 Å². The van der Waals surface area contributed by atoms with E-state index in [-0.39, 0.29) is 52.4 Å². The topological polar surface area (TPSA) is 150 Å². The Bertz CT molecular complexity index is 1190. The standard InChI is InChI=1S/C18H34N4O2.C15H18ClN3O.Na/c1-24-18-14-16(6-7-17(18)23)15-22-13-5-12-21-10-3-2-9-20-11-4-8-19;1-3-11-9-14(19-15(16)17-11)18-13(4-2)10-5-7-12(20)8-6-10;/h6-7,14,20-23H,2-5,8-13,15,19H2,1H3;5-9,13,20H,3-4H2,1-2H3,(H,17,18,19);. The minimum Gasteiger partial charge on any atom is -0.508 e. The maximum atomic E-state index is 9.56. The molecule has 0 saturated heterocycles. The number of hydrogen-bond acceptors (Lipinski definition) is 10. The number of hydrogen-bond donors (Lipinski definition) is 7. The first kappa shape index (κ1) is 40.9. The number of nitrogens with one attached hydrogen (secondary N) is 4. The van der Waals surface area contributed by atoms with Crippen LogP contribution in [-0.2, 0) is 13.0 Å². The molecule has 12 heteroatoms. The molecule has 8 N–H and O–H groups in total. The van der Waals surface area contributed by atoms with Gasteiger partial charge in [-0.05, 0) is 125 Å². The summed E-state index contributed by atoms with van der Waals surface area (Å²) in [5.41, 5.74) is 8.56. The van der Waals surface area contributed by atoms with E-state index < -0.39 is 0 Å². The van der Waals surface area contributed by atoms with Gasteiger partial charge in [0.2, 0.25) is 5.28 Å². The van der Waals surface area contributed by atoms with E-state index in [2.05, 4.69) is 38.2 Å². The average Bonchev–Trinajstić information content (AvgIpc) is 3.03. The van der Waals surface area contributed by atoms with Crippen molar-refractivity contribution in [2.75, 3.05) is 51.7 Å². The number of halogens is 1. The Kier molecular flexibility index (Phi) is 22.7. The summed E-state index contributed by atoms with van der Waals surface area (Å²) < 4.78 is 5.11. The van der Waals surface area contributed by atoms with Crippen molar-refractivity contribution in [2.45, 2.75) is 65.0 Å². The summed E-state index contributed by atoms with van der Waals surface area (Å²) in [5, 5.41) is 32.8. The van der Waals surface area contributed by atoms with Gasteiger partial charge in [-0.15, -0.1) is 0 Å². The van der Waals surface area contributed by atoms with Gasteiger partial charge in [0.05, 0.1) is 13.2 Å². The molecule has 1 aromatic heterocycles. The molecule has 0 bridgehead atoms. The zero-order valence-electron chi connectivity index (χ0n) is 27.5. The number of aryl methyl sites for hydroxylation is 1. The van der Waals surface area contributed by atoms with Crippen molar-refractivity contribution in [2.24, 2.45) is 5.73 Å². The summed E-state index contributed by atoms with van der Waals surface area (Å²) in [4.78, 5) is 8.36. The molecule has 45 heavy (non-hydrogen) atoms. The quantitative estimate of drug-likeness (QED) is 0.0517. The molecule has 3 rings (SSSR count). The molecule has 1 heterocycles. The molecule has 0 aliphatic heterocycles. The van der Waals surface area contributed by atoms with Crippen molar-refractivity contribution in [3.63, 3.8) is 0 Å². The third-order valence-electron chi connectivity index (χ3n) is 6.94. The number of aromatic nitrogens is 2. The molecule has 1 atom stereocenters. The summed E-state index contributed by atoms with van der Waals surface area (Å²) in [6, 6.07) is 14.6. The van der Waals surface area contributed by atoms with E-state index in [1.165, 1.54) is 12.8 Å². The molecule has 245 valence electrons. The summed E-state index contributed by atoms with van der Waals surface area (Å²) in [7, 11) is 1.56. The van der Waals surface area contributed by atoms with Crippen LogP contribution in [0.5, 0.6) is 17.2 Å². The molecule has 0 spiro atoms. The molecule has 0 saturated carbocycles. The van der Waals surface area contributed by atoms with Crippen molar-refractivity contribution in [1.29, 1.82) is 0 Å². The Morgan fingerprint density at radius 1 is 0.844 bits per heavy atom. The predicted octanol–water partition coefficient (Wildman–Crippen LogP) is 4.77. The van der Waals surface area contributed by atoms with Gasteiger partial charge < -0.3 is 42.0 Å². The number of nitrogens with two attached hydrogens (primary N) is 1. The average molecular weight is 653 g/mol. The van der Waals surface area contributed by atoms with Crippen LogP contribution in [0.3, 0.4) is 0 Å². The number of unbranched alkanes of at least 4 members (excludes halogenated alkanes) is 1. The normalized spacial score (nSPS) is 11.2. The first-order chi connectivity index (χ1) is 21.4. The van der Waals surface area contributed by atoms with Crippen molar-refractivity contribution in [3.05, 3.63) is 70.6 Å². The number of aromatic hydroxyl groups is 2. The summed E-state index contributed by atoms with van der Waals surface area (Å²) in [6.07, 6.45) is 6.28. The third kappa shape index (κ3) is 17.4. The van der Waals surface area contributed by atoms with Gasteiger partial charge in [-0.1, -0.05) is 32.0 Å². The van der Waals surface area contributed by atoms with Gasteiger partial charge in [0.15, 0.2) is 11.5 Å². The van der Waals surface area contributed by atoms with Crippen LogP contribution in [0.4, 0.5) is 5.82 Å². The smallest absolute Gasteiger partial charge is 0.224 e. The van der Waals surface area contributed by atoms with Crippen LogP contribution in [0, 0.1) is 0 Å². The number of nitrogens with zero attached hydrogens (tertiary/aromatic N) is 2. The number of ether oxygens (including phenoxy) is 1. The zero-order valence-corrected chi connectivity index (χ0v) is 30.3. The van der Waals surface area contributed by atoms with Gasteiger partial charge in [0.1, 0.15) is 11.6 Å². The number of rotatable bonds is 20. The van der Waals surface area contributed by atoms with E-state index in [9.17, 15) is 10.2 Å². The fraction of sp³-hybridized carbons (Fsp3) is 0.515. The maximum Gasteiger partial charge on any atom is 0.224 e. The first-order valence-corrected chi connectivity index (χ1v) is 16.0. The molecule has 2 aromatic carbocycles. The Balaban J connectivity index is 0.000000446. The molecule has 0 aliphatic rings. The van der Waals surface area contributed by atoms with Crippen LogP contribution < -0.4 is 31.7 Å². The van der Waals surface area contributed by atoms with Crippen molar-refractivity contribution < 1.29 is 14.9 Å². The van der Waals surface area contributed by atoms with E-state index in [1.54, 1.807) is 25.3 Å². The molecule has 0 fully saturated rings. The first-order valence-electron chi connectivity index (χ1n) is 15.7. The second-order valence-corrected chi connectivity index (χ2v) is 10.8. The summed E-state index contributed by atoms with van der Waals surface area (Å²) in [6.45, 7) is 10.9. The van der Waals surface area contributed by atoms with E-state index in [0.717, 1.165) is 94.1 Å². The molecular weight excluding hydrogens is 601 g/mol. The zero-order chi connectivity index (χ0) is 32.0. The number of benzene rings is 2. The minimum absolute atomic E-state index is 0. The van der Waals surface area contributed by atoms with Gasteiger partial charge in [0.25, 0.3) is 0 Å². The fourth-order valence-electron chi connectivity index (χ4n) is 4.41. The molecule has 1 radical (unpaired) electrons. The van der Waals surface area contributed by atoms with Gasteiger partial charge >= 0.3 is 0 Å². The second kappa shape index (κ2) is 25.0. The molecule has 3 aromatic rings. The molecule has 0 amide bonds. The predicted molar refractivity (Wildman–Crippen MR) is 187 cm³/mol. The summed E-state index contributed by atoms with van der Waals surface area (Å²) >= 11 is 5.93. The van der Waals surface area contributed by atoms with Crippen LogP contribution in [0.25, 0.3) is 0 Å². The van der Waals surface area contributed by atoms with Gasteiger partial charge in [-0.3, -0.25) is 0 Å². The second-order valence-electron chi connectivity index (χ2n) is 10.4. The van der Waals surface area contributed by atoms with Crippen molar-refractivity contribution in [3.8, 4) is 17.2 Å². The van der Waals surface area contributed by atoms with Crippen molar-refractivity contribution >= 4 is 47.0 Å². The van der Waals surface area contributed by atoms with Gasteiger partial charge in [-0.2, -0.15) is 0 Å².